The fourth-order valence-electron chi connectivity index (χ4n) is 2.87. The molecule has 1 saturated carbocycles. The van der Waals surface area contributed by atoms with E-state index in [1.54, 1.807) is 0 Å². The van der Waals surface area contributed by atoms with Crippen LogP contribution in [0.15, 0.2) is 0 Å². The van der Waals surface area contributed by atoms with Crippen molar-refractivity contribution in [1.29, 1.82) is 0 Å². The van der Waals surface area contributed by atoms with Crippen LogP contribution in [0.4, 0.5) is 0 Å². The summed E-state index contributed by atoms with van der Waals surface area (Å²) < 4.78 is 5.38. The minimum Gasteiger partial charge on any atom is -0.379 e. The van der Waals surface area contributed by atoms with Crippen LogP contribution in [0.1, 0.15) is 19.3 Å². The Bertz CT molecular complexity index is 244. The molecule has 2 heterocycles. The SMILES string of the molecule is NC1COCC1CNC1CCN(C2CC2)C1. The maximum Gasteiger partial charge on any atom is 0.0621 e. The molecule has 4 heteroatoms. The maximum atomic E-state index is 5.97. The molecule has 0 amide bonds. The van der Waals surface area contributed by atoms with Crippen LogP contribution in [0.2, 0.25) is 0 Å². The van der Waals surface area contributed by atoms with Crippen LogP contribution >= 0.6 is 0 Å². The molecule has 3 aliphatic rings. The van der Waals surface area contributed by atoms with Gasteiger partial charge in [0.15, 0.2) is 0 Å². The van der Waals surface area contributed by atoms with Crippen molar-refractivity contribution in [2.45, 2.75) is 37.4 Å². The average Bonchev–Trinajstić information content (AvgIpc) is 2.89. The summed E-state index contributed by atoms with van der Waals surface area (Å²) in [5, 5.41) is 3.66. The first-order chi connectivity index (χ1) is 7.83. The van der Waals surface area contributed by atoms with Crippen LogP contribution in [0.3, 0.4) is 0 Å². The van der Waals surface area contributed by atoms with Gasteiger partial charge in [-0.15, -0.1) is 0 Å². The first-order valence-corrected chi connectivity index (χ1v) is 6.63. The van der Waals surface area contributed by atoms with Crippen LogP contribution in [-0.4, -0.2) is 55.9 Å². The smallest absolute Gasteiger partial charge is 0.0621 e. The normalized spacial score (nSPS) is 40.7. The van der Waals surface area contributed by atoms with Gasteiger partial charge in [-0.1, -0.05) is 0 Å². The molecule has 2 saturated heterocycles. The lowest BCUT2D eigenvalue weighted by atomic mass is 10.0. The molecule has 0 aromatic heterocycles. The van der Waals surface area contributed by atoms with Gasteiger partial charge in [0.25, 0.3) is 0 Å². The molecule has 2 aliphatic heterocycles. The number of likely N-dealkylation sites (tertiary alicyclic amines) is 1. The van der Waals surface area contributed by atoms with Gasteiger partial charge in [-0.25, -0.2) is 0 Å². The monoisotopic (exact) mass is 225 g/mol. The van der Waals surface area contributed by atoms with Gasteiger partial charge in [0, 0.05) is 43.7 Å². The predicted molar refractivity (Wildman–Crippen MR) is 63.3 cm³/mol. The van der Waals surface area contributed by atoms with E-state index in [-0.39, 0.29) is 6.04 Å². The molecular weight excluding hydrogens is 202 g/mol. The topological polar surface area (TPSA) is 50.5 Å². The first kappa shape index (κ1) is 11.0. The lowest BCUT2D eigenvalue weighted by molar-refractivity contribution is 0.183. The molecule has 0 aromatic rings. The second kappa shape index (κ2) is 4.61. The largest absolute Gasteiger partial charge is 0.379 e. The van der Waals surface area contributed by atoms with Gasteiger partial charge in [-0.2, -0.15) is 0 Å². The summed E-state index contributed by atoms with van der Waals surface area (Å²) in [5.41, 5.74) is 5.97. The number of nitrogens with zero attached hydrogens (tertiary/aromatic N) is 1. The highest BCUT2D eigenvalue weighted by Gasteiger charge is 2.34. The third-order valence-corrected chi connectivity index (χ3v) is 4.20. The molecule has 92 valence electrons. The summed E-state index contributed by atoms with van der Waals surface area (Å²) in [5.74, 6) is 0.523. The van der Waals surface area contributed by atoms with Gasteiger partial charge >= 0.3 is 0 Å². The molecule has 16 heavy (non-hydrogen) atoms. The van der Waals surface area contributed by atoms with Gasteiger partial charge < -0.3 is 15.8 Å². The van der Waals surface area contributed by atoms with Gasteiger partial charge in [0.05, 0.1) is 13.2 Å². The van der Waals surface area contributed by atoms with E-state index in [1.165, 1.54) is 32.4 Å². The van der Waals surface area contributed by atoms with Crippen LogP contribution in [0, 0.1) is 5.92 Å². The molecule has 4 nitrogen and oxygen atoms in total. The number of hydrogen-bond donors (Lipinski definition) is 2. The van der Waals surface area contributed by atoms with Crippen LogP contribution in [-0.2, 0) is 4.74 Å². The van der Waals surface area contributed by atoms with Crippen molar-refractivity contribution in [2.24, 2.45) is 11.7 Å². The third-order valence-electron chi connectivity index (χ3n) is 4.20. The molecular formula is C12H23N3O. The molecule has 1 aliphatic carbocycles. The second-order valence-corrected chi connectivity index (χ2v) is 5.58. The molecule has 3 fully saturated rings. The number of rotatable bonds is 4. The Morgan fingerprint density at radius 2 is 2.12 bits per heavy atom. The lowest BCUT2D eigenvalue weighted by Crippen LogP contribution is -2.41. The number of hydrogen-bond acceptors (Lipinski definition) is 4. The number of ether oxygens (including phenoxy) is 1. The Morgan fingerprint density at radius 1 is 1.25 bits per heavy atom. The van der Waals surface area contributed by atoms with E-state index in [4.69, 9.17) is 10.5 Å². The minimum absolute atomic E-state index is 0.244. The maximum absolute atomic E-state index is 5.97. The highest BCUT2D eigenvalue weighted by Crippen LogP contribution is 2.29. The van der Waals surface area contributed by atoms with Crippen molar-refractivity contribution in [3.8, 4) is 0 Å². The van der Waals surface area contributed by atoms with Crippen LogP contribution in [0.25, 0.3) is 0 Å². The fourth-order valence-corrected chi connectivity index (χ4v) is 2.87. The molecule has 0 aromatic carbocycles. The predicted octanol–water partition coefficient (Wildman–Crippen LogP) is -0.214. The summed E-state index contributed by atoms with van der Waals surface area (Å²) >= 11 is 0. The fraction of sp³-hybridized carbons (Fsp3) is 1.00. The lowest BCUT2D eigenvalue weighted by Gasteiger charge is -2.19. The van der Waals surface area contributed by atoms with E-state index in [1.807, 2.05) is 0 Å². The van der Waals surface area contributed by atoms with E-state index >= 15 is 0 Å². The second-order valence-electron chi connectivity index (χ2n) is 5.58. The Labute approximate surface area is 97.5 Å². The third kappa shape index (κ3) is 2.40. The number of nitrogens with one attached hydrogen (secondary N) is 1. The Hall–Kier alpha value is -0.160. The van der Waals surface area contributed by atoms with Crippen LogP contribution < -0.4 is 11.1 Å². The molecule has 0 radical (unpaired) electrons. The molecule has 3 atom stereocenters. The zero-order chi connectivity index (χ0) is 11.0. The van der Waals surface area contributed by atoms with Gasteiger partial charge in [0.1, 0.15) is 0 Å². The molecule has 3 N–H and O–H groups in total. The number of nitrogens with two attached hydrogens (primary N) is 1. The van der Waals surface area contributed by atoms with E-state index < -0.39 is 0 Å². The van der Waals surface area contributed by atoms with Crippen molar-refractivity contribution in [3.05, 3.63) is 0 Å². The highest BCUT2D eigenvalue weighted by molar-refractivity contribution is 4.92. The van der Waals surface area contributed by atoms with Crippen molar-refractivity contribution >= 4 is 0 Å². The summed E-state index contributed by atoms with van der Waals surface area (Å²) in [6, 6.07) is 1.85. The Kier molecular flexibility index (Phi) is 3.16. The minimum atomic E-state index is 0.244. The van der Waals surface area contributed by atoms with Gasteiger partial charge in [0.2, 0.25) is 0 Å². The van der Waals surface area contributed by atoms with Gasteiger partial charge in [-0.3, -0.25) is 4.90 Å². The van der Waals surface area contributed by atoms with Gasteiger partial charge in [-0.05, 0) is 19.3 Å². The highest BCUT2D eigenvalue weighted by atomic mass is 16.5. The van der Waals surface area contributed by atoms with E-state index in [2.05, 4.69) is 10.2 Å². The van der Waals surface area contributed by atoms with E-state index in [0.717, 1.165) is 25.8 Å². The summed E-state index contributed by atoms with van der Waals surface area (Å²) in [7, 11) is 0. The van der Waals surface area contributed by atoms with Crippen molar-refractivity contribution in [3.63, 3.8) is 0 Å². The molecule has 3 rings (SSSR count). The zero-order valence-corrected chi connectivity index (χ0v) is 9.90. The van der Waals surface area contributed by atoms with E-state index in [0.29, 0.717) is 12.0 Å². The first-order valence-electron chi connectivity index (χ1n) is 6.63. The molecule has 0 bridgehead atoms. The Balaban J connectivity index is 1.39. The Morgan fingerprint density at radius 3 is 2.81 bits per heavy atom. The molecule has 3 unspecified atom stereocenters. The van der Waals surface area contributed by atoms with Crippen LogP contribution in [0.5, 0.6) is 0 Å². The van der Waals surface area contributed by atoms with Crippen molar-refractivity contribution < 1.29 is 4.74 Å². The zero-order valence-electron chi connectivity index (χ0n) is 9.90. The van der Waals surface area contributed by atoms with Crippen molar-refractivity contribution in [1.82, 2.24) is 10.2 Å². The van der Waals surface area contributed by atoms with Crippen molar-refractivity contribution in [2.75, 3.05) is 32.8 Å². The van der Waals surface area contributed by atoms with E-state index in [9.17, 15) is 0 Å². The summed E-state index contributed by atoms with van der Waals surface area (Å²) in [6.45, 7) is 5.14. The quantitative estimate of drug-likeness (QED) is 0.695. The summed E-state index contributed by atoms with van der Waals surface area (Å²) in [4.78, 5) is 2.64. The average molecular weight is 225 g/mol. The summed E-state index contributed by atoms with van der Waals surface area (Å²) in [6.07, 6.45) is 4.15. The standard InChI is InChI=1S/C12H23N3O/c13-12-8-16-7-9(12)5-14-10-3-4-15(6-10)11-1-2-11/h9-12,14H,1-8,13H2. The molecule has 0 spiro atoms.